The van der Waals surface area contributed by atoms with E-state index in [2.05, 4.69) is 34.5 Å². The van der Waals surface area contributed by atoms with Gasteiger partial charge in [-0.25, -0.2) is 0 Å². The smallest absolute Gasteiger partial charge is 0.250 e. The number of nitriles is 1. The molecule has 2 aromatic carbocycles. The predicted molar refractivity (Wildman–Crippen MR) is 135 cm³/mol. The van der Waals surface area contributed by atoms with Gasteiger partial charge >= 0.3 is 0 Å². The number of ether oxygens (including phenoxy) is 1. The summed E-state index contributed by atoms with van der Waals surface area (Å²) in [6.07, 6.45) is 6.94. The maximum Gasteiger partial charge on any atom is 0.250 e. The SMILES string of the molecule is COC[C@@H]1Nc2ccccc2C2[C@@H]1CCN2C(=O)C1CCCCC1.N#Cc1ccccc1C(N)=O. The number of nitrogens with two attached hydrogens (primary N) is 1. The summed E-state index contributed by atoms with van der Waals surface area (Å²) < 4.78 is 5.45. The lowest BCUT2D eigenvalue weighted by Gasteiger charge is -2.40. The Hall–Kier alpha value is -3.37. The summed E-state index contributed by atoms with van der Waals surface area (Å²) in [7, 11) is 1.76. The highest BCUT2D eigenvalue weighted by Gasteiger charge is 2.46. The predicted octanol–water partition coefficient (Wildman–Crippen LogP) is 4.25. The summed E-state index contributed by atoms with van der Waals surface area (Å²) in [4.78, 5) is 26.1. The second-order valence-electron chi connectivity index (χ2n) is 9.58. The number of hydrogen-bond acceptors (Lipinski definition) is 5. The molecule has 3 atom stereocenters. The van der Waals surface area contributed by atoms with Crippen LogP contribution in [-0.2, 0) is 9.53 Å². The van der Waals surface area contributed by atoms with Crippen molar-refractivity contribution in [3.8, 4) is 6.07 Å². The first-order valence-electron chi connectivity index (χ1n) is 12.5. The Balaban J connectivity index is 0.000000221. The molecule has 0 radical (unpaired) electrons. The molecule has 1 saturated carbocycles. The van der Waals surface area contributed by atoms with Crippen molar-refractivity contribution in [3.05, 3.63) is 65.2 Å². The van der Waals surface area contributed by atoms with E-state index in [1.165, 1.54) is 36.6 Å². The van der Waals surface area contributed by atoms with Gasteiger partial charge in [-0.05, 0) is 43.0 Å². The zero-order valence-corrected chi connectivity index (χ0v) is 20.3. The number of carbonyl (C=O) groups excluding carboxylic acids is 2. The third-order valence-electron chi connectivity index (χ3n) is 7.48. The number of primary amides is 1. The monoisotopic (exact) mass is 474 g/mol. The molecule has 1 aliphatic carbocycles. The van der Waals surface area contributed by atoms with E-state index in [0.717, 1.165) is 25.8 Å². The molecule has 0 aromatic heterocycles. The van der Waals surface area contributed by atoms with Crippen molar-refractivity contribution in [3.63, 3.8) is 0 Å². The second-order valence-corrected chi connectivity index (χ2v) is 9.58. The van der Waals surface area contributed by atoms with Crippen LogP contribution >= 0.6 is 0 Å². The molecule has 3 N–H and O–H groups in total. The largest absolute Gasteiger partial charge is 0.383 e. The highest BCUT2D eigenvalue weighted by molar-refractivity contribution is 5.95. The number of rotatable bonds is 4. The lowest BCUT2D eigenvalue weighted by molar-refractivity contribution is -0.138. The van der Waals surface area contributed by atoms with Gasteiger partial charge in [-0.2, -0.15) is 5.26 Å². The van der Waals surface area contributed by atoms with Crippen LogP contribution < -0.4 is 11.1 Å². The van der Waals surface area contributed by atoms with E-state index in [1.807, 2.05) is 6.07 Å². The molecule has 35 heavy (non-hydrogen) atoms. The van der Waals surface area contributed by atoms with Gasteiger partial charge in [0.05, 0.1) is 35.9 Å². The van der Waals surface area contributed by atoms with Crippen molar-refractivity contribution in [2.24, 2.45) is 17.6 Å². The van der Waals surface area contributed by atoms with Crippen LogP contribution in [0.3, 0.4) is 0 Å². The van der Waals surface area contributed by atoms with Crippen molar-refractivity contribution in [2.75, 3.05) is 25.6 Å². The van der Waals surface area contributed by atoms with E-state index >= 15 is 0 Å². The second kappa shape index (κ2) is 11.4. The van der Waals surface area contributed by atoms with Crippen LogP contribution in [0.2, 0.25) is 0 Å². The number of carbonyl (C=O) groups is 2. The molecular formula is C28H34N4O3. The number of methoxy groups -OCH3 is 1. The van der Waals surface area contributed by atoms with Gasteiger partial charge in [-0.3, -0.25) is 9.59 Å². The molecule has 2 aliphatic heterocycles. The average Bonchev–Trinajstić information content (AvgIpc) is 3.35. The summed E-state index contributed by atoms with van der Waals surface area (Å²) >= 11 is 0. The molecular weight excluding hydrogens is 440 g/mol. The van der Waals surface area contributed by atoms with Gasteiger partial charge < -0.3 is 20.7 Å². The number of likely N-dealkylation sites (tertiary alicyclic amines) is 1. The third kappa shape index (κ3) is 5.33. The van der Waals surface area contributed by atoms with Crippen molar-refractivity contribution in [2.45, 2.75) is 50.6 Å². The summed E-state index contributed by atoms with van der Waals surface area (Å²) in [6.45, 7) is 1.59. The van der Waals surface area contributed by atoms with Crippen molar-refractivity contribution in [1.82, 2.24) is 4.90 Å². The molecule has 7 heteroatoms. The molecule has 7 nitrogen and oxygen atoms in total. The number of anilines is 1. The number of para-hydroxylation sites is 1. The van der Waals surface area contributed by atoms with Crippen LogP contribution in [0, 0.1) is 23.2 Å². The van der Waals surface area contributed by atoms with Gasteiger partial charge in [0.2, 0.25) is 11.8 Å². The fraction of sp³-hybridized carbons (Fsp3) is 0.464. The van der Waals surface area contributed by atoms with Crippen LogP contribution in [0.5, 0.6) is 0 Å². The Labute approximate surface area is 207 Å². The molecule has 0 spiro atoms. The van der Waals surface area contributed by atoms with Crippen LogP contribution in [0.4, 0.5) is 5.69 Å². The van der Waals surface area contributed by atoms with E-state index < -0.39 is 5.91 Å². The quantitative estimate of drug-likeness (QED) is 0.688. The lowest BCUT2D eigenvalue weighted by atomic mass is 9.82. The first-order valence-corrected chi connectivity index (χ1v) is 12.5. The maximum absolute atomic E-state index is 13.2. The first kappa shape index (κ1) is 24.7. The topological polar surface area (TPSA) is 108 Å². The van der Waals surface area contributed by atoms with Crippen LogP contribution in [0.25, 0.3) is 0 Å². The van der Waals surface area contributed by atoms with Gasteiger partial charge in [0, 0.05) is 31.2 Å². The molecule has 2 amide bonds. The Bertz CT molecular complexity index is 1090. The minimum Gasteiger partial charge on any atom is -0.383 e. The fourth-order valence-corrected chi connectivity index (χ4v) is 5.80. The molecule has 3 aliphatic rings. The van der Waals surface area contributed by atoms with E-state index in [9.17, 15) is 9.59 Å². The standard InChI is InChI=1S/C20H28N2O2.C8H6N2O/c1-24-13-18-16-11-12-22(20(23)14-7-3-2-4-8-14)19(16)15-9-5-6-10-17(15)21-18;9-5-6-3-1-2-4-7(6)8(10)11/h5-6,9-10,14,16,18-19,21H,2-4,7-8,11-13H2,1H3;1-4H,(H2,10,11)/t16-,18+,19?;/m1./s1. The van der Waals surface area contributed by atoms with Crippen LogP contribution in [0.15, 0.2) is 48.5 Å². The van der Waals surface area contributed by atoms with Crippen LogP contribution in [0.1, 0.15) is 66.1 Å². The molecule has 0 bridgehead atoms. The number of fused-ring (bicyclic) bond motifs is 3. The van der Waals surface area contributed by atoms with Crippen molar-refractivity contribution < 1.29 is 14.3 Å². The van der Waals surface area contributed by atoms with Gasteiger partial charge in [0.25, 0.3) is 0 Å². The zero-order valence-electron chi connectivity index (χ0n) is 20.3. The molecule has 2 aromatic rings. The Morgan fingerprint density at radius 3 is 2.49 bits per heavy atom. The number of amides is 2. The highest BCUT2D eigenvalue weighted by atomic mass is 16.5. The summed E-state index contributed by atoms with van der Waals surface area (Å²) in [5, 5.41) is 12.2. The number of nitrogens with zero attached hydrogens (tertiary/aromatic N) is 2. The average molecular weight is 475 g/mol. The van der Waals surface area contributed by atoms with Gasteiger partial charge in [0.15, 0.2) is 0 Å². The van der Waals surface area contributed by atoms with Gasteiger partial charge in [0.1, 0.15) is 0 Å². The molecule has 1 saturated heterocycles. The van der Waals surface area contributed by atoms with E-state index in [-0.39, 0.29) is 17.5 Å². The Kier molecular flexibility index (Phi) is 8.04. The minimum atomic E-state index is -0.567. The van der Waals surface area contributed by atoms with Gasteiger partial charge in [-0.15, -0.1) is 0 Å². The zero-order chi connectivity index (χ0) is 24.8. The van der Waals surface area contributed by atoms with Crippen LogP contribution in [-0.4, -0.2) is 43.0 Å². The molecule has 1 unspecified atom stereocenters. The van der Waals surface area contributed by atoms with E-state index in [0.29, 0.717) is 30.0 Å². The Morgan fingerprint density at radius 2 is 1.80 bits per heavy atom. The molecule has 2 fully saturated rings. The Morgan fingerprint density at radius 1 is 1.09 bits per heavy atom. The van der Waals surface area contributed by atoms with E-state index in [1.54, 1.807) is 25.3 Å². The summed E-state index contributed by atoms with van der Waals surface area (Å²) in [6, 6.07) is 17.3. The van der Waals surface area contributed by atoms with Gasteiger partial charge in [-0.1, -0.05) is 49.6 Å². The minimum absolute atomic E-state index is 0.219. The lowest BCUT2D eigenvalue weighted by Crippen LogP contribution is -2.44. The molecule has 2 heterocycles. The number of nitrogens with one attached hydrogen (secondary N) is 1. The number of hydrogen-bond donors (Lipinski definition) is 2. The highest BCUT2D eigenvalue weighted by Crippen LogP contribution is 2.47. The maximum atomic E-state index is 13.2. The normalized spacial score (nSPS) is 23.1. The summed E-state index contributed by atoms with van der Waals surface area (Å²) in [5.74, 6) is 0.532. The van der Waals surface area contributed by atoms with Crippen molar-refractivity contribution >= 4 is 17.5 Å². The first-order chi connectivity index (χ1) is 17.0. The fourth-order valence-electron chi connectivity index (χ4n) is 5.80. The molecule has 184 valence electrons. The van der Waals surface area contributed by atoms with Crippen molar-refractivity contribution in [1.29, 1.82) is 5.26 Å². The third-order valence-corrected chi connectivity index (χ3v) is 7.48. The number of benzene rings is 2. The summed E-state index contributed by atoms with van der Waals surface area (Å²) in [5.41, 5.74) is 8.05. The molecule has 5 rings (SSSR count). The van der Waals surface area contributed by atoms with E-state index in [4.69, 9.17) is 15.7 Å².